The molecular formula is C14H13N3O5. The van der Waals surface area contributed by atoms with Crippen molar-refractivity contribution in [3.05, 3.63) is 42.0 Å². The van der Waals surface area contributed by atoms with E-state index >= 15 is 0 Å². The molecule has 0 aromatic heterocycles. The molecule has 0 fully saturated rings. The maximum absolute atomic E-state index is 11.9. The normalized spacial score (nSPS) is 10.0. The molecule has 2 aromatic rings. The number of phenols is 3. The summed E-state index contributed by atoms with van der Waals surface area (Å²) in [5, 5.41) is 32.7. The third kappa shape index (κ3) is 3.18. The van der Waals surface area contributed by atoms with Crippen molar-refractivity contribution in [1.29, 1.82) is 0 Å². The fourth-order valence-corrected chi connectivity index (χ4v) is 1.77. The summed E-state index contributed by atoms with van der Waals surface area (Å²) >= 11 is 0. The molecule has 8 nitrogen and oxygen atoms in total. The topological polar surface area (TPSA) is 145 Å². The van der Waals surface area contributed by atoms with E-state index in [1.807, 2.05) is 0 Å². The van der Waals surface area contributed by atoms with Gasteiger partial charge in [-0.05, 0) is 12.1 Å². The van der Waals surface area contributed by atoms with E-state index in [1.165, 1.54) is 12.1 Å². The van der Waals surface area contributed by atoms with Crippen LogP contribution >= 0.6 is 0 Å². The molecule has 0 heterocycles. The summed E-state index contributed by atoms with van der Waals surface area (Å²) in [6.07, 6.45) is 0. The van der Waals surface area contributed by atoms with Gasteiger partial charge in [0.1, 0.15) is 0 Å². The molecule has 114 valence electrons. The quantitative estimate of drug-likeness (QED) is 0.376. The predicted molar refractivity (Wildman–Crippen MR) is 79.0 cm³/mol. The zero-order chi connectivity index (χ0) is 16.3. The van der Waals surface area contributed by atoms with Crippen LogP contribution in [0.1, 0.15) is 10.4 Å². The Labute approximate surface area is 124 Å². The van der Waals surface area contributed by atoms with Crippen molar-refractivity contribution < 1.29 is 24.9 Å². The summed E-state index contributed by atoms with van der Waals surface area (Å²) in [7, 11) is 0. The van der Waals surface area contributed by atoms with Crippen LogP contribution in [0.25, 0.3) is 0 Å². The highest BCUT2D eigenvalue weighted by Crippen LogP contribution is 2.37. The van der Waals surface area contributed by atoms with Crippen LogP contribution in [0, 0.1) is 0 Å². The highest BCUT2D eigenvalue weighted by atomic mass is 16.3. The molecule has 0 spiro atoms. The molecule has 8 heteroatoms. The number of anilines is 2. The molecule has 0 saturated heterocycles. The predicted octanol–water partition coefficient (Wildman–Crippen LogP) is 1.55. The van der Waals surface area contributed by atoms with Gasteiger partial charge in [0.15, 0.2) is 17.2 Å². The fourth-order valence-electron chi connectivity index (χ4n) is 1.77. The number of carbonyl (C=O) groups is 2. The number of benzene rings is 2. The van der Waals surface area contributed by atoms with Crippen LogP contribution in [0.15, 0.2) is 36.4 Å². The van der Waals surface area contributed by atoms with E-state index < -0.39 is 29.2 Å². The van der Waals surface area contributed by atoms with Gasteiger partial charge < -0.3 is 31.7 Å². The minimum Gasteiger partial charge on any atom is -0.504 e. The van der Waals surface area contributed by atoms with Crippen LogP contribution in [-0.2, 0) is 0 Å². The number of hydrogen-bond donors (Lipinski definition) is 6. The lowest BCUT2D eigenvalue weighted by Crippen LogP contribution is -2.22. The van der Waals surface area contributed by atoms with E-state index in [2.05, 4.69) is 10.6 Å². The van der Waals surface area contributed by atoms with Gasteiger partial charge in [0, 0.05) is 12.1 Å². The molecule has 2 rings (SSSR count). The maximum atomic E-state index is 11.9. The molecule has 0 atom stereocenters. The Morgan fingerprint density at radius 2 is 1.55 bits per heavy atom. The Hall–Kier alpha value is -3.42. The highest BCUT2D eigenvalue weighted by molar-refractivity contribution is 6.06. The highest BCUT2D eigenvalue weighted by Gasteiger charge is 2.12. The van der Waals surface area contributed by atoms with Gasteiger partial charge in [-0.2, -0.15) is 0 Å². The van der Waals surface area contributed by atoms with Crippen molar-refractivity contribution in [2.45, 2.75) is 0 Å². The molecule has 0 aliphatic carbocycles. The zero-order valence-electron chi connectivity index (χ0n) is 11.2. The maximum Gasteiger partial charge on any atom is 0.323 e. The first-order valence-electron chi connectivity index (χ1n) is 6.10. The number of primary amides is 1. The second-order valence-electron chi connectivity index (χ2n) is 4.35. The Bertz CT molecular complexity index is 722. The molecule has 0 saturated carbocycles. The average Bonchev–Trinajstić information content (AvgIpc) is 2.44. The monoisotopic (exact) mass is 303 g/mol. The van der Waals surface area contributed by atoms with Crippen LogP contribution in [0.4, 0.5) is 16.2 Å². The number of rotatable bonds is 3. The lowest BCUT2D eigenvalue weighted by Gasteiger charge is -2.11. The van der Waals surface area contributed by atoms with Crippen molar-refractivity contribution in [3.63, 3.8) is 0 Å². The Morgan fingerprint density at radius 3 is 2.14 bits per heavy atom. The lowest BCUT2D eigenvalue weighted by atomic mass is 10.1. The standard InChI is InChI=1S/C14H13N3O5/c15-13(21)8-3-1-2-4-9(8)17-14(22)16-7-5-10(18)12(20)11(19)6-7/h1-6,18-20H,(H2,15,21)(H2,16,17,22). The molecular weight excluding hydrogens is 290 g/mol. The first-order chi connectivity index (χ1) is 10.4. The molecule has 0 radical (unpaired) electrons. The van der Waals surface area contributed by atoms with Crippen molar-refractivity contribution in [1.82, 2.24) is 0 Å². The number of nitrogens with one attached hydrogen (secondary N) is 2. The van der Waals surface area contributed by atoms with Gasteiger partial charge in [0.05, 0.1) is 16.9 Å². The van der Waals surface area contributed by atoms with Crippen molar-refractivity contribution in [3.8, 4) is 17.2 Å². The van der Waals surface area contributed by atoms with E-state index in [9.17, 15) is 24.9 Å². The number of amides is 3. The fraction of sp³-hybridized carbons (Fsp3) is 0. The molecule has 0 aliphatic heterocycles. The largest absolute Gasteiger partial charge is 0.504 e. The lowest BCUT2D eigenvalue weighted by molar-refractivity contribution is 0.100. The van der Waals surface area contributed by atoms with Gasteiger partial charge in [-0.25, -0.2) is 4.79 Å². The minimum atomic E-state index is -0.724. The second kappa shape index (κ2) is 5.92. The smallest absolute Gasteiger partial charge is 0.323 e. The van der Waals surface area contributed by atoms with E-state index in [0.29, 0.717) is 0 Å². The molecule has 0 aliphatic rings. The van der Waals surface area contributed by atoms with E-state index in [0.717, 1.165) is 12.1 Å². The SMILES string of the molecule is NC(=O)c1ccccc1NC(=O)Nc1cc(O)c(O)c(O)c1. The number of nitrogens with two attached hydrogens (primary N) is 1. The summed E-state index contributed by atoms with van der Waals surface area (Å²) in [6.45, 7) is 0. The van der Waals surface area contributed by atoms with Gasteiger partial charge in [-0.15, -0.1) is 0 Å². The van der Waals surface area contributed by atoms with Gasteiger partial charge in [-0.3, -0.25) is 4.79 Å². The minimum absolute atomic E-state index is 0.0434. The van der Waals surface area contributed by atoms with Crippen LogP contribution in [0.5, 0.6) is 17.2 Å². The summed E-state index contributed by atoms with van der Waals surface area (Å²) < 4.78 is 0. The van der Waals surface area contributed by atoms with E-state index in [-0.39, 0.29) is 16.9 Å². The van der Waals surface area contributed by atoms with Crippen molar-refractivity contribution in [2.24, 2.45) is 5.73 Å². The van der Waals surface area contributed by atoms with Crippen molar-refractivity contribution in [2.75, 3.05) is 10.6 Å². The Morgan fingerprint density at radius 1 is 0.955 bits per heavy atom. The molecule has 3 amide bonds. The average molecular weight is 303 g/mol. The zero-order valence-corrected chi connectivity index (χ0v) is 11.2. The summed E-state index contributed by atoms with van der Waals surface area (Å²) in [5.41, 5.74) is 5.58. The van der Waals surface area contributed by atoms with Crippen LogP contribution in [0.3, 0.4) is 0 Å². The van der Waals surface area contributed by atoms with E-state index in [1.54, 1.807) is 12.1 Å². The van der Waals surface area contributed by atoms with E-state index in [4.69, 9.17) is 5.73 Å². The molecule has 22 heavy (non-hydrogen) atoms. The van der Waals surface area contributed by atoms with Gasteiger partial charge in [0.25, 0.3) is 5.91 Å². The third-order valence-electron chi connectivity index (χ3n) is 2.77. The Balaban J connectivity index is 2.16. The third-order valence-corrected chi connectivity index (χ3v) is 2.77. The first-order valence-corrected chi connectivity index (χ1v) is 6.10. The van der Waals surface area contributed by atoms with Crippen LogP contribution in [0.2, 0.25) is 0 Å². The number of aromatic hydroxyl groups is 3. The van der Waals surface area contributed by atoms with Gasteiger partial charge in [-0.1, -0.05) is 12.1 Å². The molecule has 7 N–H and O–H groups in total. The molecule has 0 unspecified atom stereocenters. The molecule has 0 bridgehead atoms. The van der Waals surface area contributed by atoms with Gasteiger partial charge >= 0.3 is 6.03 Å². The van der Waals surface area contributed by atoms with Crippen LogP contribution in [-0.4, -0.2) is 27.3 Å². The number of phenolic OH excluding ortho intramolecular Hbond substituents is 3. The Kier molecular flexibility index (Phi) is 4.03. The van der Waals surface area contributed by atoms with Crippen LogP contribution < -0.4 is 16.4 Å². The number of hydrogen-bond acceptors (Lipinski definition) is 5. The summed E-state index contributed by atoms with van der Waals surface area (Å²) in [4.78, 5) is 23.1. The number of carbonyl (C=O) groups excluding carboxylic acids is 2. The second-order valence-corrected chi connectivity index (χ2v) is 4.35. The summed E-state index contributed by atoms with van der Waals surface area (Å²) in [5.74, 6) is -2.57. The number of urea groups is 1. The van der Waals surface area contributed by atoms with Crippen molar-refractivity contribution >= 4 is 23.3 Å². The first kappa shape index (κ1) is 15.0. The number of para-hydroxylation sites is 1. The summed E-state index contributed by atoms with van der Waals surface area (Å²) in [6, 6.07) is 7.53. The molecule has 2 aromatic carbocycles. The van der Waals surface area contributed by atoms with Gasteiger partial charge in [0.2, 0.25) is 0 Å².